The van der Waals surface area contributed by atoms with E-state index >= 15 is 0 Å². The summed E-state index contributed by atoms with van der Waals surface area (Å²) in [5.41, 5.74) is 1.19. The molecule has 6 heteroatoms. The van der Waals surface area contributed by atoms with Gasteiger partial charge < -0.3 is 14.8 Å². The number of aryl methyl sites for hydroxylation is 1. The molecule has 0 atom stereocenters. The lowest BCUT2D eigenvalue weighted by Crippen LogP contribution is -2.07. The van der Waals surface area contributed by atoms with Crippen molar-refractivity contribution in [1.29, 1.82) is 0 Å². The van der Waals surface area contributed by atoms with Crippen molar-refractivity contribution in [3.63, 3.8) is 0 Å². The number of nitrogens with one attached hydrogen (secondary N) is 1. The Morgan fingerprint density at radius 3 is 2.57 bits per heavy atom. The molecule has 2 aromatic rings. The Hall–Kier alpha value is -2.37. The molecule has 112 valence electrons. The summed E-state index contributed by atoms with van der Waals surface area (Å²) in [7, 11) is 0. The van der Waals surface area contributed by atoms with Crippen LogP contribution in [0.2, 0.25) is 0 Å². The van der Waals surface area contributed by atoms with E-state index in [1.165, 1.54) is 5.56 Å². The van der Waals surface area contributed by atoms with Crippen LogP contribution in [0.4, 0.5) is 5.95 Å². The fourth-order valence-electron chi connectivity index (χ4n) is 1.75. The summed E-state index contributed by atoms with van der Waals surface area (Å²) in [6, 6.07) is 8.32. The van der Waals surface area contributed by atoms with Crippen molar-refractivity contribution in [3.05, 3.63) is 29.8 Å². The summed E-state index contributed by atoms with van der Waals surface area (Å²) in [6.07, 6.45) is 0.946. The summed E-state index contributed by atoms with van der Waals surface area (Å²) in [5, 5.41) is 3.03. The Labute approximate surface area is 124 Å². The lowest BCUT2D eigenvalue weighted by atomic mass is 10.2. The maximum atomic E-state index is 5.71. The van der Waals surface area contributed by atoms with Crippen molar-refractivity contribution in [2.24, 2.45) is 0 Å². The highest BCUT2D eigenvalue weighted by Gasteiger charge is 2.09. The van der Waals surface area contributed by atoms with E-state index in [1.807, 2.05) is 32.0 Å². The van der Waals surface area contributed by atoms with Crippen molar-refractivity contribution in [2.45, 2.75) is 27.2 Å². The van der Waals surface area contributed by atoms with Gasteiger partial charge >= 0.3 is 12.0 Å². The van der Waals surface area contributed by atoms with Gasteiger partial charge in [0.15, 0.2) is 0 Å². The maximum Gasteiger partial charge on any atom is 0.330 e. The molecule has 0 spiro atoms. The monoisotopic (exact) mass is 288 g/mol. The first-order valence-electron chi connectivity index (χ1n) is 7.14. The third-order valence-corrected chi connectivity index (χ3v) is 2.72. The smallest absolute Gasteiger partial charge is 0.330 e. The van der Waals surface area contributed by atoms with Crippen LogP contribution in [0.25, 0.3) is 0 Å². The summed E-state index contributed by atoms with van der Waals surface area (Å²) in [5.74, 6) is 1.14. The van der Waals surface area contributed by atoms with Gasteiger partial charge in [0.05, 0.1) is 6.61 Å². The fraction of sp³-hybridized carbons (Fsp3) is 0.400. The minimum absolute atomic E-state index is 0.220. The number of benzene rings is 1. The van der Waals surface area contributed by atoms with Crippen molar-refractivity contribution >= 4 is 5.95 Å². The van der Waals surface area contributed by atoms with E-state index in [9.17, 15) is 0 Å². The molecule has 0 fully saturated rings. The Bertz CT molecular complexity index is 565. The molecule has 1 heterocycles. The van der Waals surface area contributed by atoms with Gasteiger partial charge in [0.25, 0.3) is 0 Å². The molecule has 1 aromatic carbocycles. The molecule has 2 rings (SSSR count). The van der Waals surface area contributed by atoms with Crippen LogP contribution in [0.3, 0.4) is 0 Å². The number of ether oxygens (including phenoxy) is 2. The largest absolute Gasteiger partial charge is 0.464 e. The topological polar surface area (TPSA) is 69.2 Å². The van der Waals surface area contributed by atoms with Crippen LogP contribution in [0.15, 0.2) is 24.3 Å². The molecule has 0 aliphatic heterocycles. The zero-order chi connectivity index (χ0) is 15.1. The molecule has 0 amide bonds. The molecular weight excluding hydrogens is 268 g/mol. The minimum atomic E-state index is 0.220. The van der Waals surface area contributed by atoms with E-state index in [4.69, 9.17) is 9.47 Å². The second-order valence-electron chi connectivity index (χ2n) is 4.29. The summed E-state index contributed by atoms with van der Waals surface area (Å²) < 4.78 is 11.0. The molecular formula is C15H20N4O2. The summed E-state index contributed by atoms with van der Waals surface area (Å²) >= 11 is 0. The number of hydrogen-bond donors (Lipinski definition) is 1. The molecule has 6 nitrogen and oxygen atoms in total. The van der Waals surface area contributed by atoms with E-state index in [0.717, 1.165) is 6.42 Å². The number of aromatic nitrogens is 3. The van der Waals surface area contributed by atoms with Crippen LogP contribution in [0, 0.1) is 0 Å². The van der Waals surface area contributed by atoms with Gasteiger partial charge in [-0.3, -0.25) is 0 Å². The molecule has 0 unspecified atom stereocenters. The van der Waals surface area contributed by atoms with Crippen LogP contribution < -0.4 is 14.8 Å². The highest BCUT2D eigenvalue weighted by molar-refractivity contribution is 5.32. The zero-order valence-electron chi connectivity index (χ0n) is 12.6. The van der Waals surface area contributed by atoms with E-state index in [2.05, 4.69) is 33.3 Å². The van der Waals surface area contributed by atoms with Crippen molar-refractivity contribution in [1.82, 2.24) is 15.0 Å². The Balaban J connectivity index is 2.24. The first-order chi connectivity index (χ1) is 10.2. The van der Waals surface area contributed by atoms with Crippen LogP contribution >= 0.6 is 0 Å². The van der Waals surface area contributed by atoms with Crippen LogP contribution in [0.1, 0.15) is 26.3 Å². The molecule has 0 bridgehead atoms. The second-order valence-corrected chi connectivity index (χ2v) is 4.29. The van der Waals surface area contributed by atoms with E-state index in [-0.39, 0.29) is 12.0 Å². The van der Waals surface area contributed by atoms with E-state index in [0.29, 0.717) is 24.8 Å². The Morgan fingerprint density at radius 1 is 1.05 bits per heavy atom. The molecule has 21 heavy (non-hydrogen) atoms. The average Bonchev–Trinajstić information content (AvgIpc) is 2.48. The highest BCUT2D eigenvalue weighted by Crippen LogP contribution is 2.21. The van der Waals surface area contributed by atoms with Gasteiger partial charge in [0, 0.05) is 6.54 Å². The predicted molar refractivity (Wildman–Crippen MR) is 81.1 cm³/mol. The molecule has 0 aliphatic carbocycles. The Kier molecular flexibility index (Phi) is 5.31. The van der Waals surface area contributed by atoms with E-state index in [1.54, 1.807) is 0 Å². The van der Waals surface area contributed by atoms with Gasteiger partial charge in [0.1, 0.15) is 5.75 Å². The first-order valence-corrected chi connectivity index (χ1v) is 7.14. The second kappa shape index (κ2) is 7.42. The zero-order valence-corrected chi connectivity index (χ0v) is 12.6. The third kappa shape index (κ3) is 4.30. The van der Waals surface area contributed by atoms with Crippen molar-refractivity contribution in [2.75, 3.05) is 18.5 Å². The molecule has 0 radical (unpaired) electrons. The Morgan fingerprint density at radius 2 is 1.86 bits per heavy atom. The number of nitrogens with zero attached hydrogens (tertiary/aromatic N) is 3. The van der Waals surface area contributed by atoms with Gasteiger partial charge in [-0.2, -0.15) is 9.97 Å². The standard InChI is InChI=1S/C15H20N4O2/c1-4-11-8-7-9-12(10-11)21-15-18-13(16-5-2)17-14(19-15)20-6-3/h7-10H,4-6H2,1-3H3,(H,16,17,18,19). The van der Waals surface area contributed by atoms with Crippen LogP contribution in [-0.4, -0.2) is 28.1 Å². The molecule has 1 aromatic heterocycles. The fourth-order valence-corrected chi connectivity index (χ4v) is 1.75. The van der Waals surface area contributed by atoms with Gasteiger partial charge in [-0.25, -0.2) is 0 Å². The minimum Gasteiger partial charge on any atom is -0.464 e. The lowest BCUT2D eigenvalue weighted by Gasteiger charge is -2.09. The molecule has 0 aliphatic rings. The van der Waals surface area contributed by atoms with Gasteiger partial charge in [-0.15, -0.1) is 4.98 Å². The number of hydrogen-bond acceptors (Lipinski definition) is 6. The van der Waals surface area contributed by atoms with Crippen LogP contribution in [0.5, 0.6) is 17.8 Å². The van der Waals surface area contributed by atoms with Crippen molar-refractivity contribution in [3.8, 4) is 17.8 Å². The van der Waals surface area contributed by atoms with Gasteiger partial charge in [-0.05, 0) is 38.0 Å². The summed E-state index contributed by atoms with van der Waals surface area (Å²) in [4.78, 5) is 12.5. The number of rotatable bonds is 7. The quantitative estimate of drug-likeness (QED) is 0.844. The molecule has 0 saturated heterocycles. The SMILES string of the molecule is CCNc1nc(OCC)nc(Oc2cccc(CC)c2)n1. The lowest BCUT2D eigenvalue weighted by molar-refractivity contribution is 0.304. The predicted octanol–water partition coefficient (Wildman–Crippen LogP) is 3.06. The van der Waals surface area contributed by atoms with Gasteiger partial charge in [0.2, 0.25) is 5.95 Å². The van der Waals surface area contributed by atoms with E-state index < -0.39 is 0 Å². The normalized spacial score (nSPS) is 10.2. The highest BCUT2D eigenvalue weighted by atomic mass is 16.5. The number of anilines is 1. The van der Waals surface area contributed by atoms with Crippen molar-refractivity contribution < 1.29 is 9.47 Å². The maximum absolute atomic E-state index is 5.71. The third-order valence-electron chi connectivity index (χ3n) is 2.72. The van der Waals surface area contributed by atoms with Gasteiger partial charge in [-0.1, -0.05) is 19.1 Å². The average molecular weight is 288 g/mol. The first kappa shape index (κ1) is 15.0. The molecule has 0 saturated carbocycles. The summed E-state index contributed by atoms with van der Waals surface area (Å²) in [6.45, 7) is 7.14. The van der Waals surface area contributed by atoms with Crippen LogP contribution in [-0.2, 0) is 6.42 Å². The molecule has 1 N–H and O–H groups in total.